The van der Waals surface area contributed by atoms with E-state index in [1.807, 2.05) is 13.8 Å². The Bertz CT molecular complexity index is 406. The van der Waals surface area contributed by atoms with E-state index in [0.717, 1.165) is 0 Å². The van der Waals surface area contributed by atoms with Crippen LogP contribution in [0.25, 0.3) is 0 Å². The molecular weight excluding hydrogens is 234 g/mol. The fourth-order valence-corrected chi connectivity index (χ4v) is 1.56. The molecule has 2 N–H and O–H groups in total. The smallest absolute Gasteiger partial charge is 0.337 e. The van der Waals surface area contributed by atoms with Crippen LogP contribution in [0.4, 0.5) is 5.69 Å². The molecule has 0 amide bonds. The quantitative estimate of drug-likeness (QED) is 0.780. The van der Waals surface area contributed by atoms with Crippen molar-refractivity contribution in [2.75, 3.05) is 25.6 Å². The van der Waals surface area contributed by atoms with Crippen LogP contribution in [-0.2, 0) is 4.74 Å². The molecule has 0 aromatic heterocycles. The second-order valence-electron chi connectivity index (χ2n) is 3.92. The van der Waals surface area contributed by atoms with Gasteiger partial charge in [-0.05, 0) is 26.0 Å². The van der Waals surface area contributed by atoms with Crippen LogP contribution in [0, 0.1) is 0 Å². The molecule has 0 saturated heterocycles. The van der Waals surface area contributed by atoms with Gasteiger partial charge in [0.15, 0.2) is 0 Å². The van der Waals surface area contributed by atoms with E-state index in [9.17, 15) is 4.79 Å². The molecular formula is C13H19NO4. The Morgan fingerprint density at radius 2 is 2.22 bits per heavy atom. The van der Waals surface area contributed by atoms with Gasteiger partial charge in [0.1, 0.15) is 5.75 Å². The van der Waals surface area contributed by atoms with E-state index in [1.54, 1.807) is 19.2 Å². The Hall–Kier alpha value is -1.75. The predicted octanol–water partition coefficient (Wildman–Crippen LogP) is 2.23. The van der Waals surface area contributed by atoms with Gasteiger partial charge in [-0.15, -0.1) is 0 Å². The van der Waals surface area contributed by atoms with E-state index in [-0.39, 0.29) is 11.6 Å². The Kier molecular flexibility index (Phi) is 5.45. The van der Waals surface area contributed by atoms with Gasteiger partial charge in [0.2, 0.25) is 0 Å². The molecule has 0 aliphatic carbocycles. The molecule has 0 bridgehead atoms. The molecule has 0 radical (unpaired) electrons. The Labute approximate surface area is 107 Å². The zero-order chi connectivity index (χ0) is 13.5. The summed E-state index contributed by atoms with van der Waals surface area (Å²) in [7, 11) is 1.54. The number of hydrogen-bond donors (Lipinski definition) is 2. The van der Waals surface area contributed by atoms with Gasteiger partial charge in [-0.3, -0.25) is 0 Å². The highest BCUT2D eigenvalue weighted by molar-refractivity contribution is 5.94. The van der Waals surface area contributed by atoms with E-state index in [4.69, 9.17) is 14.6 Å². The first-order valence-electron chi connectivity index (χ1n) is 5.84. The molecule has 0 saturated carbocycles. The number of rotatable bonds is 7. The zero-order valence-corrected chi connectivity index (χ0v) is 10.9. The monoisotopic (exact) mass is 253 g/mol. The summed E-state index contributed by atoms with van der Waals surface area (Å²) in [5.74, 6) is -0.352. The third-order valence-electron chi connectivity index (χ3n) is 2.43. The third-order valence-corrected chi connectivity index (χ3v) is 2.43. The molecule has 1 rings (SSSR count). The lowest BCUT2D eigenvalue weighted by molar-refractivity contribution is 0.0697. The number of aromatic carboxylic acids is 1. The van der Waals surface area contributed by atoms with Gasteiger partial charge in [-0.25, -0.2) is 4.79 Å². The number of anilines is 1. The molecule has 0 aliphatic heterocycles. The topological polar surface area (TPSA) is 67.8 Å². The third kappa shape index (κ3) is 3.92. The van der Waals surface area contributed by atoms with Crippen molar-refractivity contribution in [1.29, 1.82) is 0 Å². The minimum absolute atomic E-state index is 0.0233. The second kappa shape index (κ2) is 6.86. The van der Waals surface area contributed by atoms with Gasteiger partial charge in [0, 0.05) is 18.7 Å². The maximum atomic E-state index is 11.1. The molecule has 1 aromatic carbocycles. The molecule has 0 heterocycles. The average molecular weight is 253 g/mol. The lowest BCUT2D eigenvalue weighted by Gasteiger charge is -2.17. The van der Waals surface area contributed by atoms with Crippen LogP contribution >= 0.6 is 0 Å². The first-order chi connectivity index (χ1) is 8.58. The normalized spacial score (nSPS) is 11.9. The number of ether oxygens (including phenoxy) is 2. The molecule has 1 unspecified atom stereocenters. The summed E-state index contributed by atoms with van der Waals surface area (Å²) in [6, 6.07) is 4.85. The number of carbonyl (C=O) groups is 1. The highest BCUT2D eigenvalue weighted by Gasteiger charge is 2.13. The van der Waals surface area contributed by atoms with Gasteiger partial charge in [0.25, 0.3) is 0 Å². The van der Waals surface area contributed by atoms with Crippen LogP contribution in [-0.4, -0.2) is 37.4 Å². The molecule has 0 aliphatic rings. The van der Waals surface area contributed by atoms with E-state index in [2.05, 4.69) is 5.32 Å². The van der Waals surface area contributed by atoms with Crippen LogP contribution in [0.3, 0.4) is 0 Å². The van der Waals surface area contributed by atoms with Crippen molar-refractivity contribution in [2.24, 2.45) is 0 Å². The molecule has 0 spiro atoms. The van der Waals surface area contributed by atoms with E-state index in [1.165, 1.54) is 6.07 Å². The summed E-state index contributed by atoms with van der Waals surface area (Å²) in [5.41, 5.74) is 0.758. The standard InChI is InChI=1S/C13H19NO4/c1-4-18-8-9(2)14-12-7-10(17-3)5-6-11(12)13(15)16/h5-7,9,14H,4,8H2,1-3H3,(H,15,16). The number of carboxylic acid groups (broad SMARTS) is 1. The van der Waals surface area contributed by atoms with Crippen LogP contribution in [0.2, 0.25) is 0 Å². The number of hydrogen-bond acceptors (Lipinski definition) is 4. The predicted molar refractivity (Wildman–Crippen MR) is 69.5 cm³/mol. The van der Waals surface area contributed by atoms with Crippen LogP contribution in [0.1, 0.15) is 24.2 Å². The first-order valence-corrected chi connectivity index (χ1v) is 5.84. The van der Waals surface area contributed by atoms with E-state index >= 15 is 0 Å². The molecule has 5 heteroatoms. The summed E-state index contributed by atoms with van der Waals surface area (Å²) in [6.45, 7) is 5.00. The van der Waals surface area contributed by atoms with Crippen molar-refractivity contribution in [2.45, 2.75) is 19.9 Å². The van der Waals surface area contributed by atoms with E-state index in [0.29, 0.717) is 24.7 Å². The molecule has 18 heavy (non-hydrogen) atoms. The number of methoxy groups -OCH3 is 1. The summed E-state index contributed by atoms with van der Waals surface area (Å²) in [4.78, 5) is 11.1. The zero-order valence-electron chi connectivity index (χ0n) is 10.9. The van der Waals surface area contributed by atoms with Gasteiger partial charge in [-0.2, -0.15) is 0 Å². The molecule has 1 atom stereocenters. The second-order valence-corrected chi connectivity index (χ2v) is 3.92. The van der Waals surface area contributed by atoms with Gasteiger partial charge in [0.05, 0.1) is 25.0 Å². The van der Waals surface area contributed by atoms with Crippen molar-refractivity contribution in [1.82, 2.24) is 0 Å². The molecule has 0 fully saturated rings. The summed E-state index contributed by atoms with van der Waals surface area (Å²) < 4.78 is 10.4. The van der Waals surface area contributed by atoms with Crippen molar-refractivity contribution in [3.05, 3.63) is 23.8 Å². The average Bonchev–Trinajstić information content (AvgIpc) is 2.35. The molecule has 100 valence electrons. The van der Waals surface area contributed by atoms with Gasteiger partial charge < -0.3 is 19.9 Å². The fraction of sp³-hybridized carbons (Fsp3) is 0.462. The van der Waals surface area contributed by atoms with Crippen molar-refractivity contribution < 1.29 is 19.4 Å². The highest BCUT2D eigenvalue weighted by Crippen LogP contribution is 2.23. The lowest BCUT2D eigenvalue weighted by Crippen LogP contribution is -2.23. The maximum absolute atomic E-state index is 11.1. The fourth-order valence-electron chi connectivity index (χ4n) is 1.56. The van der Waals surface area contributed by atoms with Crippen molar-refractivity contribution in [3.8, 4) is 5.75 Å². The highest BCUT2D eigenvalue weighted by atomic mass is 16.5. The lowest BCUT2D eigenvalue weighted by atomic mass is 10.1. The molecule has 1 aromatic rings. The largest absolute Gasteiger partial charge is 0.497 e. The Balaban J connectivity index is 2.86. The van der Waals surface area contributed by atoms with Crippen molar-refractivity contribution in [3.63, 3.8) is 0 Å². The summed E-state index contributed by atoms with van der Waals surface area (Å²) in [5, 5.41) is 12.2. The number of carboxylic acids is 1. The minimum atomic E-state index is -0.969. The maximum Gasteiger partial charge on any atom is 0.337 e. The number of nitrogens with one attached hydrogen (secondary N) is 1. The molecule has 5 nitrogen and oxygen atoms in total. The summed E-state index contributed by atoms with van der Waals surface area (Å²) in [6.07, 6.45) is 0. The first kappa shape index (κ1) is 14.3. The summed E-state index contributed by atoms with van der Waals surface area (Å²) >= 11 is 0. The van der Waals surface area contributed by atoms with Gasteiger partial charge in [-0.1, -0.05) is 0 Å². The number of benzene rings is 1. The van der Waals surface area contributed by atoms with Crippen LogP contribution < -0.4 is 10.1 Å². The van der Waals surface area contributed by atoms with Gasteiger partial charge >= 0.3 is 5.97 Å². The minimum Gasteiger partial charge on any atom is -0.497 e. The Morgan fingerprint density at radius 1 is 1.50 bits per heavy atom. The van der Waals surface area contributed by atoms with E-state index < -0.39 is 5.97 Å². The SMILES string of the molecule is CCOCC(C)Nc1cc(OC)ccc1C(=O)O. The van der Waals surface area contributed by atoms with Crippen LogP contribution in [0.15, 0.2) is 18.2 Å². The van der Waals surface area contributed by atoms with Crippen molar-refractivity contribution >= 4 is 11.7 Å². The van der Waals surface area contributed by atoms with Crippen LogP contribution in [0.5, 0.6) is 5.75 Å². The Morgan fingerprint density at radius 3 is 2.78 bits per heavy atom.